The van der Waals surface area contributed by atoms with Crippen LogP contribution < -0.4 is 20.7 Å². The van der Waals surface area contributed by atoms with Crippen molar-refractivity contribution in [2.24, 2.45) is 0 Å². The van der Waals surface area contributed by atoms with Gasteiger partial charge < -0.3 is 8.85 Å². The fourth-order valence-electron chi connectivity index (χ4n) is 4.54. The van der Waals surface area contributed by atoms with Gasteiger partial charge in [-0.05, 0) is 20.7 Å². The normalized spacial score (nSPS) is 11.9. The van der Waals surface area contributed by atoms with E-state index in [1.807, 2.05) is 14.2 Å². The zero-order chi connectivity index (χ0) is 21.6. The van der Waals surface area contributed by atoms with Gasteiger partial charge in [-0.25, -0.2) is 0 Å². The van der Waals surface area contributed by atoms with Gasteiger partial charge in [0.05, 0.1) is 0 Å². The van der Waals surface area contributed by atoms with Crippen LogP contribution in [-0.2, 0) is 8.85 Å². The van der Waals surface area contributed by atoms with Crippen molar-refractivity contribution in [1.82, 2.24) is 0 Å². The molecule has 2 nitrogen and oxygen atoms in total. The fourth-order valence-corrected chi connectivity index (χ4v) is 16.3. The summed E-state index contributed by atoms with van der Waals surface area (Å²) in [7, 11) is -1.47. The van der Waals surface area contributed by atoms with Crippen molar-refractivity contribution in [1.29, 1.82) is 0 Å². The van der Waals surface area contributed by atoms with Gasteiger partial charge in [0, 0.05) is 19.9 Å². The van der Waals surface area contributed by atoms with Crippen LogP contribution in [0.5, 0.6) is 0 Å². The van der Waals surface area contributed by atoms with Gasteiger partial charge in [0.2, 0.25) is 0 Å². The Bertz CT molecular complexity index is 903. The van der Waals surface area contributed by atoms with Crippen molar-refractivity contribution in [3.05, 3.63) is 121 Å². The molecule has 0 unspecified atom stereocenters. The average molecular weight is 441 g/mol. The van der Waals surface area contributed by atoms with E-state index in [1.54, 1.807) is 0 Å². The van der Waals surface area contributed by atoms with Crippen LogP contribution in [0.25, 0.3) is 0 Å². The molecule has 4 rings (SSSR count). The van der Waals surface area contributed by atoms with Gasteiger partial charge >= 0.3 is 0 Å². The molecule has 0 N–H and O–H groups in total. The van der Waals surface area contributed by atoms with E-state index in [4.69, 9.17) is 8.85 Å². The second kappa shape index (κ2) is 9.58. The van der Waals surface area contributed by atoms with E-state index in [1.165, 1.54) is 20.7 Å². The molecule has 0 amide bonds. The molecule has 0 fully saturated rings. The quantitative estimate of drug-likeness (QED) is 0.391. The predicted octanol–water partition coefficient (Wildman–Crippen LogP) is 3.34. The first-order valence-electron chi connectivity index (χ1n) is 10.6. The first-order valence-corrected chi connectivity index (χ1v) is 14.8. The number of rotatable bonds is 8. The van der Waals surface area contributed by atoms with Crippen molar-refractivity contribution in [2.75, 3.05) is 14.2 Å². The summed E-state index contributed by atoms with van der Waals surface area (Å²) in [5.41, 5.74) is 0.856. The SMILES string of the molecule is CO[Si](C[Si](OC)(c1ccccc1)c1ccccc1)(c1ccccc1)c1ccccc1. The second-order valence-corrected chi connectivity index (χ2v) is 15.6. The van der Waals surface area contributed by atoms with Crippen LogP contribution in [0.3, 0.4) is 0 Å². The van der Waals surface area contributed by atoms with Gasteiger partial charge in [0.1, 0.15) is 0 Å². The molecular formula is C27H28O2Si2. The molecule has 0 saturated heterocycles. The lowest BCUT2D eigenvalue weighted by Crippen LogP contribution is -2.71. The van der Waals surface area contributed by atoms with E-state index in [9.17, 15) is 0 Å². The third-order valence-corrected chi connectivity index (χ3v) is 16.6. The Morgan fingerprint density at radius 1 is 0.419 bits per heavy atom. The zero-order valence-electron chi connectivity index (χ0n) is 18.1. The fraction of sp³-hybridized carbons (Fsp3) is 0.111. The summed E-state index contributed by atoms with van der Waals surface area (Å²) in [6.07, 6.45) is 0. The lowest BCUT2D eigenvalue weighted by Gasteiger charge is -2.40. The molecule has 31 heavy (non-hydrogen) atoms. The Labute approximate surface area is 187 Å². The average Bonchev–Trinajstić information content (AvgIpc) is 2.87. The Balaban J connectivity index is 1.98. The number of benzene rings is 4. The van der Waals surface area contributed by atoms with Crippen LogP contribution in [0, 0.1) is 0 Å². The molecule has 0 aliphatic carbocycles. The molecule has 0 bridgehead atoms. The van der Waals surface area contributed by atoms with Gasteiger partial charge in [-0.2, -0.15) is 0 Å². The highest BCUT2D eigenvalue weighted by molar-refractivity contribution is 7.12. The van der Waals surface area contributed by atoms with E-state index in [0.717, 1.165) is 5.67 Å². The molecule has 4 aromatic rings. The first kappa shape index (κ1) is 21.5. The highest BCUT2D eigenvalue weighted by Crippen LogP contribution is 2.23. The van der Waals surface area contributed by atoms with E-state index in [-0.39, 0.29) is 0 Å². The number of hydrogen-bond donors (Lipinski definition) is 0. The maximum atomic E-state index is 6.60. The molecule has 0 heterocycles. The number of hydrogen-bond acceptors (Lipinski definition) is 2. The van der Waals surface area contributed by atoms with E-state index < -0.39 is 16.6 Å². The predicted molar refractivity (Wildman–Crippen MR) is 135 cm³/mol. The molecule has 4 aromatic carbocycles. The summed E-state index contributed by atoms with van der Waals surface area (Å²) >= 11 is 0. The van der Waals surface area contributed by atoms with Crippen LogP contribution >= 0.6 is 0 Å². The lowest BCUT2D eigenvalue weighted by molar-refractivity contribution is 0.401. The molecule has 0 aromatic heterocycles. The molecule has 0 spiro atoms. The molecule has 0 aliphatic rings. The van der Waals surface area contributed by atoms with Crippen LogP contribution in [0.4, 0.5) is 0 Å². The minimum atomic E-state index is -2.61. The standard InChI is InChI=1S/C27H28O2Si2/c1-28-30(24-15-7-3-8-16-24,25-17-9-4-10-18-25)23-31(29-2,26-19-11-5-12-20-26)27-21-13-6-14-22-27/h3-22H,23H2,1-2H3. The Kier molecular flexibility index (Phi) is 6.63. The minimum absolute atomic E-state index is 0.856. The van der Waals surface area contributed by atoms with Gasteiger partial charge in [-0.1, -0.05) is 121 Å². The maximum absolute atomic E-state index is 6.60. The third kappa shape index (κ3) is 4.07. The minimum Gasteiger partial charge on any atom is -0.411 e. The van der Waals surface area contributed by atoms with Gasteiger partial charge in [0.25, 0.3) is 16.6 Å². The highest BCUT2D eigenvalue weighted by Gasteiger charge is 2.51. The van der Waals surface area contributed by atoms with Crippen molar-refractivity contribution in [2.45, 2.75) is 5.67 Å². The summed E-state index contributed by atoms with van der Waals surface area (Å²) in [5.74, 6) is 0. The smallest absolute Gasteiger partial charge is 0.255 e. The van der Waals surface area contributed by atoms with Crippen molar-refractivity contribution in [3.63, 3.8) is 0 Å². The molecular weight excluding hydrogens is 412 g/mol. The first-order chi connectivity index (χ1) is 15.2. The Morgan fingerprint density at radius 3 is 0.839 bits per heavy atom. The summed E-state index contributed by atoms with van der Waals surface area (Å²) in [6.45, 7) is 0. The van der Waals surface area contributed by atoms with E-state index in [0.29, 0.717) is 0 Å². The van der Waals surface area contributed by atoms with E-state index >= 15 is 0 Å². The molecule has 0 radical (unpaired) electrons. The summed E-state index contributed by atoms with van der Waals surface area (Å²) in [4.78, 5) is 0. The second-order valence-electron chi connectivity index (χ2n) is 7.70. The Hall–Kier alpha value is -2.77. The summed E-state index contributed by atoms with van der Waals surface area (Å²) in [5, 5.41) is 5.07. The Morgan fingerprint density at radius 2 is 0.645 bits per heavy atom. The molecule has 0 saturated carbocycles. The van der Waals surface area contributed by atoms with Crippen molar-refractivity contribution < 1.29 is 8.85 Å². The van der Waals surface area contributed by atoms with Crippen LogP contribution in [0.2, 0.25) is 5.67 Å². The lowest BCUT2D eigenvalue weighted by atomic mass is 10.4. The third-order valence-electron chi connectivity index (χ3n) is 6.16. The van der Waals surface area contributed by atoms with Crippen molar-refractivity contribution in [3.8, 4) is 0 Å². The topological polar surface area (TPSA) is 18.5 Å². The maximum Gasteiger partial charge on any atom is 0.255 e. The van der Waals surface area contributed by atoms with Gasteiger partial charge in [-0.15, -0.1) is 0 Å². The zero-order valence-corrected chi connectivity index (χ0v) is 20.1. The van der Waals surface area contributed by atoms with Crippen LogP contribution in [-0.4, -0.2) is 30.9 Å². The molecule has 0 atom stereocenters. The van der Waals surface area contributed by atoms with Gasteiger partial charge in [0.15, 0.2) is 0 Å². The van der Waals surface area contributed by atoms with E-state index in [2.05, 4.69) is 121 Å². The summed E-state index contributed by atoms with van der Waals surface area (Å²) < 4.78 is 13.2. The van der Waals surface area contributed by atoms with Gasteiger partial charge in [-0.3, -0.25) is 0 Å². The monoisotopic (exact) mass is 440 g/mol. The van der Waals surface area contributed by atoms with Crippen LogP contribution in [0.1, 0.15) is 0 Å². The molecule has 0 aliphatic heterocycles. The van der Waals surface area contributed by atoms with Crippen molar-refractivity contribution >= 4 is 37.4 Å². The highest BCUT2D eigenvalue weighted by atomic mass is 28.4. The molecule has 4 heteroatoms. The molecule has 156 valence electrons. The van der Waals surface area contributed by atoms with Crippen LogP contribution in [0.15, 0.2) is 121 Å². The largest absolute Gasteiger partial charge is 0.411 e. The summed E-state index contributed by atoms with van der Waals surface area (Å²) in [6, 6.07) is 42.9.